The second kappa shape index (κ2) is 11.4. The number of ketones is 1. The Morgan fingerprint density at radius 2 is 1.42 bits per heavy atom. The van der Waals surface area contributed by atoms with E-state index >= 15 is 0 Å². The molecular weight excluding hydrogens is 543 g/mol. The van der Waals surface area contributed by atoms with E-state index in [2.05, 4.69) is 0 Å². The molecule has 0 radical (unpaired) electrons. The van der Waals surface area contributed by atoms with Crippen LogP contribution in [0.5, 0.6) is 0 Å². The van der Waals surface area contributed by atoms with Gasteiger partial charge in [-0.25, -0.2) is 16.8 Å². The van der Waals surface area contributed by atoms with E-state index in [0.29, 0.717) is 32.3 Å². The second-order valence-electron chi connectivity index (χ2n) is 8.35. The van der Waals surface area contributed by atoms with Crippen molar-refractivity contribution in [2.45, 2.75) is 29.1 Å². The van der Waals surface area contributed by atoms with Gasteiger partial charge in [-0.3, -0.25) is 4.79 Å². The van der Waals surface area contributed by atoms with Crippen LogP contribution in [0.4, 0.5) is 0 Å². The van der Waals surface area contributed by atoms with Crippen LogP contribution in [0.2, 0.25) is 10.0 Å². The third-order valence-electron chi connectivity index (χ3n) is 5.80. The van der Waals surface area contributed by atoms with Crippen LogP contribution in [0.15, 0.2) is 70.5 Å². The molecule has 1 atom stereocenters. The Hall–Kier alpha value is -2.23. The molecule has 6 nitrogen and oxygen atoms in total. The lowest BCUT2D eigenvalue weighted by molar-refractivity contribution is -0.121. The SMILES string of the molecule is CCS(=O)(=O)c1ccc(C(COC)C(=O)Cc2cc(Cl)c(-c3ccc(S(C)(=O)=O)cc3)c(Cl)c2)cc1. The summed E-state index contributed by atoms with van der Waals surface area (Å²) in [5.74, 6) is -0.749. The van der Waals surface area contributed by atoms with Gasteiger partial charge in [0.2, 0.25) is 0 Å². The quantitative estimate of drug-likeness (QED) is 0.325. The van der Waals surface area contributed by atoms with Crippen molar-refractivity contribution < 1.29 is 26.4 Å². The molecule has 0 amide bonds. The molecule has 0 saturated carbocycles. The van der Waals surface area contributed by atoms with E-state index in [4.69, 9.17) is 27.9 Å². The van der Waals surface area contributed by atoms with Crippen molar-refractivity contribution in [3.8, 4) is 11.1 Å². The first-order valence-electron chi connectivity index (χ1n) is 11.0. The number of hydrogen-bond acceptors (Lipinski definition) is 6. The van der Waals surface area contributed by atoms with Crippen molar-refractivity contribution in [1.82, 2.24) is 0 Å². The predicted molar refractivity (Wildman–Crippen MR) is 143 cm³/mol. The lowest BCUT2D eigenvalue weighted by Crippen LogP contribution is -2.20. The van der Waals surface area contributed by atoms with Crippen LogP contribution < -0.4 is 0 Å². The molecular formula is C26H26Cl2O6S2. The molecule has 0 spiro atoms. The second-order valence-corrected chi connectivity index (χ2v) is 13.5. The average Bonchev–Trinajstić information content (AvgIpc) is 2.82. The van der Waals surface area contributed by atoms with Gasteiger partial charge in [0, 0.05) is 25.3 Å². The Labute approximate surface area is 222 Å². The van der Waals surface area contributed by atoms with Gasteiger partial charge >= 0.3 is 0 Å². The van der Waals surface area contributed by atoms with Crippen molar-refractivity contribution in [2.24, 2.45) is 0 Å². The summed E-state index contributed by atoms with van der Waals surface area (Å²) in [6, 6.07) is 15.8. The maximum absolute atomic E-state index is 13.2. The fourth-order valence-corrected chi connectivity index (χ4v) is 6.08. The molecule has 0 fully saturated rings. The van der Waals surface area contributed by atoms with Crippen LogP contribution >= 0.6 is 23.2 Å². The van der Waals surface area contributed by atoms with E-state index < -0.39 is 25.6 Å². The van der Waals surface area contributed by atoms with Gasteiger partial charge in [-0.2, -0.15) is 0 Å². The zero-order valence-corrected chi connectivity index (χ0v) is 23.1. The van der Waals surface area contributed by atoms with Gasteiger partial charge in [-0.15, -0.1) is 0 Å². The van der Waals surface area contributed by atoms with Gasteiger partial charge < -0.3 is 4.74 Å². The zero-order chi connectivity index (χ0) is 26.7. The van der Waals surface area contributed by atoms with Gasteiger partial charge in [0.25, 0.3) is 0 Å². The molecule has 0 aromatic heterocycles. The number of benzene rings is 3. The molecule has 0 aliphatic heterocycles. The van der Waals surface area contributed by atoms with E-state index in [9.17, 15) is 21.6 Å². The van der Waals surface area contributed by atoms with E-state index in [1.165, 1.54) is 31.4 Å². The number of ether oxygens (including phenoxy) is 1. The molecule has 192 valence electrons. The monoisotopic (exact) mass is 568 g/mol. The van der Waals surface area contributed by atoms with Crippen LogP contribution in [0, 0.1) is 0 Å². The highest BCUT2D eigenvalue weighted by atomic mass is 35.5. The fourth-order valence-electron chi connectivity index (χ4n) is 3.81. The highest BCUT2D eigenvalue weighted by Gasteiger charge is 2.23. The Morgan fingerprint density at radius 3 is 1.89 bits per heavy atom. The van der Waals surface area contributed by atoms with Gasteiger partial charge in [0.1, 0.15) is 5.78 Å². The highest BCUT2D eigenvalue weighted by molar-refractivity contribution is 7.91. The largest absolute Gasteiger partial charge is 0.384 e. The molecule has 0 saturated heterocycles. The Balaban J connectivity index is 1.86. The first kappa shape index (κ1) is 28.3. The summed E-state index contributed by atoms with van der Waals surface area (Å²) in [6.07, 6.45) is 1.17. The third-order valence-corrected chi connectivity index (χ3v) is 9.27. The number of hydrogen-bond donors (Lipinski definition) is 0. The number of Topliss-reactive ketones (excluding diaryl/α,β-unsaturated/α-hetero) is 1. The van der Waals surface area contributed by atoms with E-state index in [1.54, 1.807) is 43.3 Å². The minimum absolute atomic E-state index is 0.00780. The molecule has 0 aliphatic rings. The number of sulfone groups is 2. The summed E-state index contributed by atoms with van der Waals surface area (Å²) in [6.45, 7) is 1.71. The van der Waals surface area contributed by atoms with Crippen molar-refractivity contribution in [2.75, 3.05) is 25.7 Å². The van der Waals surface area contributed by atoms with E-state index in [1.807, 2.05) is 0 Å². The molecule has 0 aliphatic carbocycles. The summed E-state index contributed by atoms with van der Waals surface area (Å²) < 4.78 is 52.9. The van der Waals surface area contributed by atoms with Crippen LogP contribution in [0.3, 0.4) is 0 Å². The number of carbonyl (C=O) groups is 1. The Bertz CT molecular complexity index is 1440. The Kier molecular flexibility index (Phi) is 9.01. The first-order valence-corrected chi connectivity index (χ1v) is 15.3. The molecule has 1 unspecified atom stereocenters. The van der Waals surface area contributed by atoms with Crippen LogP contribution in [-0.4, -0.2) is 48.3 Å². The molecule has 0 heterocycles. The van der Waals surface area contributed by atoms with Crippen LogP contribution in [0.25, 0.3) is 11.1 Å². The summed E-state index contributed by atoms with van der Waals surface area (Å²) in [5, 5.41) is 0.657. The number of halogens is 2. The van der Waals surface area contributed by atoms with E-state index in [-0.39, 0.29) is 34.4 Å². The van der Waals surface area contributed by atoms with Crippen LogP contribution in [-0.2, 0) is 35.6 Å². The lowest BCUT2D eigenvalue weighted by Gasteiger charge is -2.17. The molecule has 3 aromatic carbocycles. The number of methoxy groups -OCH3 is 1. The number of carbonyl (C=O) groups excluding carboxylic acids is 1. The average molecular weight is 570 g/mol. The zero-order valence-electron chi connectivity index (χ0n) is 20.0. The molecule has 36 heavy (non-hydrogen) atoms. The molecule has 10 heteroatoms. The van der Waals surface area contributed by atoms with Crippen molar-refractivity contribution in [3.05, 3.63) is 81.8 Å². The standard InChI is InChI=1S/C26H26Cl2O6S2/c1-4-36(32,33)21-11-5-18(6-12-21)22(16-34-2)25(29)15-17-13-23(27)26(24(28)14-17)19-7-9-20(10-8-19)35(3,30)31/h5-14,22H,4,15-16H2,1-3H3. The fraction of sp³-hybridized carbons (Fsp3) is 0.269. The van der Waals surface area contributed by atoms with E-state index in [0.717, 1.165) is 6.26 Å². The van der Waals surface area contributed by atoms with Gasteiger partial charge in [0.15, 0.2) is 19.7 Å². The summed E-state index contributed by atoms with van der Waals surface area (Å²) in [4.78, 5) is 13.6. The van der Waals surface area contributed by atoms with Gasteiger partial charge in [0.05, 0.1) is 38.1 Å². The van der Waals surface area contributed by atoms with Crippen molar-refractivity contribution >= 4 is 48.7 Å². The summed E-state index contributed by atoms with van der Waals surface area (Å²) in [7, 11) is -5.18. The minimum Gasteiger partial charge on any atom is -0.384 e. The molecule has 0 N–H and O–H groups in total. The highest BCUT2D eigenvalue weighted by Crippen LogP contribution is 2.37. The molecule has 3 aromatic rings. The Morgan fingerprint density at radius 1 is 0.889 bits per heavy atom. The van der Waals surface area contributed by atoms with Crippen LogP contribution in [0.1, 0.15) is 24.0 Å². The van der Waals surface area contributed by atoms with Crippen molar-refractivity contribution in [3.63, 3.8) is 0 Å². The number of rotatable bonds is 10. The third kappa shape index (κ3) is 6.55. The normalized spacial score (nSPS) is 12.9. The summed E-state index contributed by atoms with van der Waals surface area (Å²) >= 11 is 13.0. The lowest BCUT2D eigenvalue weighted by atomic mass is 9.91. The smallest absolute Gasteiger partial charge is 0.178 e. The van der Waals surface area contributed by atoms with Crippen molar-refractivity contribution in [1.29, 1.82) is 0 Å². The molecule has 3 rings (SSSR count). The maximum atomic E-state index is 13.2. The van der Waals surface area contributed by atoms with Gasteiger partial charge in [-0.1, -0.05) is 54.4 Å². The van der Waals surface area contributed by atoms with Gasteiger partial charge in [-0.05, 0) is 53.1 Å². The topological polar surface area (TPSA) is 94.6 Å². The molecule has 0 bridgehead atoms. The maximum Gasteiger partial charge on any atom is 0.178 e. The predicted octanol–water partition coefficient (Wildman–Crippen LogP) is 5.40. The first-order chi connectivity index (χ1) is 16.9. The summed E-state index contributed by atoms with van der Waals surface area (Å²) in [5.41, 5.74) is 2.44. The minimum atomic E-state index is -3.34.